The Kier molecular flexibility index (Phi) is 6.39. The second kappa shape index (κ2) is 8.99. The summed E-state index contributed by atoms with van der Waals surface area (Å²) in [4.78, 5) is 24.5. The summed E-state index contributed by atoms with van der Waals surface area (Å²) in [6.07, 6.45) is 3.49. The number of pyridine rings is 1. The van der Waals surface area contributed by atoms with Gasteiger partial charge in [0, 0.05) is 11.9 Å². The predicted molar refractivity (Wildman–Crippen MR) is 121 cm³/mol. The molecule has 0 fully saturated rings. The standard InChI is InChI=1S/C23H28N6O2/c1-5-17(29-22(31)19-20(30)21(24)27-13-26-19)14-6-11-18(25-12-14)28-16-9-7-15(8-10-16)23(2,3)4/h6-13,17,30H,5H2,1-4H3,(H,25,28)(H,29,31)(H2,24,26,27). The van der Waals surface area contributed by atoms with Crippen LogP contribution in [0.3, 0.4) is 0 Å². The van der Waals surface area contributed by atoms with Crippen LogP contribution in [0.15, 0.2) is 48.9 Å². The number of nitrogens with one attached hydrogen (secondary N) is 2. The second-order valence-corrected chi connectivity index (χ2v) is 8.32. The van der Waals surface area contributed by atoms with Crippen LogP contribution in [0.25, 0.3) is 0 Å². The molecule has 8 heteroatoms. The summed E-state index contributed by atoms with van der Waals surface area (Å²) in [5, 5.41) is 16.1. The van der Waals surface area contributed by atoms with E-state index in [-0.39, 0.29) is 23.0 Å². The summed E-state index contributed by atoms with van der Waals surface area (Å²) in [6.45, 7) is 8.49. The first-order valence-electron chi connectivity index (χ1n) is 10.1. The topological polar surface area (TPSA) is 126 Å². The molecule has 1 amide bonds. The Balaban J connectivity index is 1.69. The zero-order valence-corrected chi connectivity index (χ0v) is 18.2. The van der Waals surface area contributed by atoms with Crippen molar-refractivity contribution in [1.82, 2.24) is 20.3 Å². The van der Waals surface area contributed by atoms with Gasteiger partial charge in [-0.1, -0.05) is 45.9 Å². The van der Waals surface area contributed by atoms with Crippen LogP contribution in [0.1, 0.15) is 61.8 Å². The number of nitrogen functional groups attached to an aromatic ring is 1. The Morgan fingerprint density at radius 1 is 1.10 bits per heavy atom. The molecule has 3 aromatic rings. The Morgan fingerprint density at radius 2 is 1.81 bits per heavy atom. The molecular weight excluding hydrogens is 392 g/mol. The maximum absolute atomic E-state index is 12.5. The number of carbonyl (C=O) groups is 1. The molecule has 0 aliphatic rings. The second-order valence-electron chi connectivity index (χ2n) is 8.32. The first-order chi connectivity index (χ1) is 14.7. The number of aromatic hydroxyl groups is 1. The third kappa shape index (κ3) is 5.28. The molecule has 0 radical (unpaired) electrons. The zero-order chi connectivity index (χ0) is 22.6. The van der Waals surface area contributed by atoms with Crippen molar-refractivity contribution in [2.45, 2.75) is 45.6 Å². The maximum Gasteiger partial charge on any atom is 0.274 e. The lowest BCUT2D eigenvalue weighted by Crippen LogP contribution is -2.29. The Morgan fingerprint density at radius 3 is 2.39 bits per heavy atom. The highest BCUT2D eigenvalue weighted by Crippen LogP contribution is 2.26. The van der Waals surface area contributed by atoms with Crippen LogP contribution in [0.5, 0.6) is 5.75 Å². The fraction of sp³-hybridized carbons (Fsp3) is 0.304. The van der Waals surface area contributed by atoms with Crippen LogP contribution in [0, 0.1) is 0 Å². The lowest BCUT2D eigenvalue weighted by Gasteiger charge is -2.19. The summed E-state index contributed by atoms with van der Waals surface area (Å²) < 4.78 is 0. The fourth-order valence-corrected chi connectivity index (χ4v) is 3.09. The van der Waals surface area contributed by atoms with Gasteiger partial charge in [0.25, 0.3) is 5.91 Å². The highest BCUT2D eigenvalue weighted by molar-refractivity contribution is 5.96. The summed E-state index contributed by atoms with van der Waals surface area (Å²) in [5.74, 6) is -0.389. The number of hydrogen-bond acceptors (Lipinski definition) is 7. The minimum absolute atomic E-state index is 0.103. The molecule has 0 saturated carbocycles. The van der Waals surface area contributed by atoms with Gasteiger partial charge in [0.15, 0.2) is 17.3 Å². The fourth-order valence-electron chi connectivity index (χ4n) is 3.09. The smallest absolute Gasteiger partial charge is 0.274 e. The van der Waals surface area contributed by atoms with Crippen LogP contribution < -0.4 is 16.4 Å². The number of anilines is 3. The van der Waals surface area contributed by atoms with Gasteiger partial charge >= 0.3 is 0 Å². The lowest BCUT2D eigenvalue weighted by molar-refractivity contribution is 0.0927. The molecule has 0 saturated heterocycles. The molecule has 5 N–H and O–H groups in total. The van der Waals surface area contributed by atoms with E-state index in [0.29, 0.717) is 12.2 Å². The molecule has 0 aliphatic carbocycles. The monoisotopic (exact) mass is 420 g/mol. The van der Waals surface area contributed by atoms with Crippen molar-refractivity contribution < 1.29 is 9.90 Å². The number of aromatic nitrogens is 3. The molecule has 2 heterocycles. The first-order valence-corrected chi connectivity index (χ1v) is 10.1. The van der Waals surface area contributed by atoms with Crippen LogP contribution in [-0.2, 0) is 5.41 Å². The van der Waals surface area contributed by atoms with Crippen molar-refractivity contribution in [1.29, 1.82) is 0 Å². The molecule has 0 spiro atoms. The van der Waals surface area contributed by atoms with Crippen LogP contribution in [0.4, 0.5) is 17.3 Å². The first kappa shape index (κ1) is 22.0. The van der Waals surface area contributed by atoms with E-state index in [9.17, 15) is 9.90 Å². The highest BCUT2D eigenvalue weighted by atomic mass is 16.3. The molecule has 0 bridgehead atoms. The molecule has 8 nitrogen and oxygen atoms in total. The van der Waals surface area contributed by atoms with Crippen molar-refractivity contribution in [3.63, 3.8) is 0 Å². The number of carbonyl (C=O) groups excluding carboxylic acids is 1. The predicted octanol–water partition coefficient (Wildman–Crippen LogP) is 4.08. The average Bonchev–Trinajstić information content (AvgIpc) is 2.74. The molecule has 0 aliphatic heterocycles. The lowest BCUT2D eigenvalue weighted by atomic mass is 9.87. The van der Waals surface area contributed by atoms with E-state index in [4.69, 9.17) is 5.73 Å². The SMILES string of the molecule is CCC(NC(=O)c1ncnc(N)c1O)c1ccc(Nc2ccc(C(C)(C)C)cc2)nc1. The van der Waals surface area contributed by atoms with Crippen molar-refractivity contribution in [3.8, 4) is 5.75 Å². The highest BCUT2D eigenvalue weighted by Gasteiger charge is 2.20. The van der Waals surface area contributed by atoms with Crippen molar-refractivity contribution in [3.05, 3.63) is 65.7 Å². The number of amides is 1. The Labute approximate surface area is 182 Å². The van der Waals surface area contributed by atoms with E-state index in [1.807, 2.05) is 31.2 Å². The Hall–Kier alpha value is -3.68. The van der Waals surface area contributed by atoms with Gasteiger partial charge < -0.3 is 21.5 Å². The van der Waals surface area contributed by atoms with E-state index in [0.717, 1.165) is 17.6 Å². The van der Waals surface area contributed by atoms with Crippen molar-refractivity contribution in [2.75, 3.05) is 11.1 Å². The number of nitrogens with zero attached hydrogens (tertiary/aromatic N) is 3. The van der Waals surface area contributed by atoms with E-state index >= 15 is 0 Å². The van der Waals surface area contributed by atoms with Crippen LogP contribution in [0.2, 0.25) is 0 Å². The average molecular weight is 421 g/mol. The number of benzene rings is 1. The number of nitrogens with two attached hydrogens (primary N) is 1. The molecule has 3 rings (SSSR count). The zero-order valence-electron chi connectivity index (χ0n) is 18.2. The molecule has 31 heavy (non-hydrogen) atoms. The largest absolute Gasteiger partial charge is 0.503 e. The van der Waals surface area contributed by atoms with Gasteiger partial charge in [-0.15, -0.1) is 0 Å². The molecule has 1 unspecified atom stereocenters. The van der Waals surface area contributed by atoms with E-state index in [1.54, 1.807) is 6.20 Å². The maximum atomic E-state index is 12.5. The van der Waals surface area contributed by atoms with E-state index in [2.05, 4.69) is 58.5 Å². The van der Waals surface area contributed by atoms with Crippen molar-refractivity contribution in [2.24, 2.45) is 0 Å². The van der Waals surface area contributed by atoms with Gasteiger partial charge in [-0.2, -0.15) is 0 Å². The minimum atomic E-state index is -0.528. The van der Waals surface area contributed by atoms with Crippen molar-refractivity contribution >= 4 is 23.2 Å². The third-order valence-corrected chi connectivity index (χ3v) is 4.99. The Bertz CT molecular complexity index is 1040. The normalized spacial score (nSPS) is 12.3. The minimum Gasteiger partial charge on any atom is -0.503 e. The van der Waals surface area contributed by atoms with Crippen LogP contribution >= 0.6 is 0 Å². The van der Waals surface area contributed by atoms with Gasteiger partial charge in [-0.3, -0.25) is 4.79 Å². The summed E-state index contributed by atoms with van der Waals surface area (Å²) in [6, 6.07) is 11.7. The summed E-state index contributed by atoms with van der Waals surface area (Å²) >= 11 is 0. The van der Waals surface area contributed by atoms with Gasteiger partial charge in [-0.05, 0) is 41.2 Å². The number of rotatable bonds is 6. The van der Waals surface area contributed by atoms with Crippen LogP contribution in [-0.4, -0.2) is 26.0 Å². The van der Waals surface area contributed by atoms with Gasteiger partial charge in [0.05, 0.1) is 6.04 Å². The van der Waals surface area contributed by atoms with E-state index in [1.165, 1.54) is 5.56 Å². The molecule has 1 aromatic carbocycles. The molecule has 162 valence electrons. The quantitative estimate of drug-likeness (QED) is 0.473. The molecule has 1 atom stereocenters. The van der Waals surface area contributed by atoms with Gasteiger partial charge in [0.2, 0.25) is 0 Å². The molecule has 2 aromatic heterocycles. The van der Waals surface area contributed by atoms with E-state index < -0.39 is 11.7 Å². The van der Waals surface area contributed by atoms with Gasteiger partial charge in [-0.25, -0.2) is 15.0 Å². The summed E-state index contributed by atoms with van der Waals surface area (Å²) in [7, 11) is 0. The third-order valence-electron chi connectivity index (χ3n) is 4.99. The van der Waals surface area contributed by atoms with Gasteiger partial charge in [0.1, 0.15) is 12.1 Å². The number of hydrogen-bond donors (Lipinski definition) is 4. The summed E-state index contributed by atoms with van der Waals surface area (Å²) in [5.41, 5.74) is 8.54. The molecular formula is C23H28N6O2.